The summed E-state index contributed by atoms with van der Waals surface area (Å²) in [7, 11) is -3.86. The van der Waals surface area contributed by atoms with E-state index in [1.54, 1.807) is 26.0 Å². The maximum absolute atomic E-state index is 13.8. The van der Waals surface area contributed by atoms with E-state index >= 15 is 0 Å². The molecular weight excluding hydrogens is 313 g/mol. The van der Waals surface area contributed by atoms with Crippen LogP contribution in [0.2, 0.25) is 5.02 Å². The highest BCUT2D eigenvalue weighted by Gasteiger charge is 2.21. The van der Waals surface area contributed by atoms with Gasteiger partial charge in [-0.15, -0.1) is 0 Å². The van der Waals surface area contributed by atoms with E-state index in [0.717, 1.165) is 11.6 Å². The van der Waals surface area contributed by atoms with E-state index < -0.39 is 15.8 Å². The molecule has 112 valence electrons. The van der Waals surface area contributed by atoms with Crippen molar-refractivity contribution in [2.45, 2.75) is 25.7 Å². The molecule has 0 aromatic heterocycles. The maximum atomic E-state index is 13.8. The van der Waals surface area contributed by atoms with Gasteiger partial charge in [-0.2, -0.15) is 0 Å². The van der Waals surface area contributed by atoms with Crippen molar-refractivity contribution in [3.63, 3.8) is 0 Å². The lowest BCUT2D eigenvalue weighted by Gasteiger charge is -2.14. The number of halogens is 2. The summed E-state index contributed by atoms with van der Waals surface area (Å²) >= 11 is 5.66. The molecule has 0 fully saturated rings. The lowest BCUT2D eigenvalue weighted by molar-refractivity contribution is 0.597. The largest absolute Gasteiger partial charge is 0.277 e. The van der Waals surface area contributed by atoms with Gasteiger partial charge in [-0.25, -0.2) is 12.8 Å². The Morgan fingerprint density at radius 1 is 1.05 bits per heavy atom. The summed E-state index contributed by atoms with van der Waals surface area (Å²) in [5.41, 5.74) is 2.09. The normalized spacial score (nSPS) is 11.5. The van der Waals surface area contributed by atoms with Gasteiger partial charge >= 0.3 is 0 Å². The molecule has 6 heteroatoms. The Balaban J connectivity index is 2.48. The van der Waals surface area contributed by atoms with Crippen molar-refractivity contribution in [2.24, 2.45) is 0 Å². The Morgan fingerprint density at radius 3 is 2.14 bits per heavy atom. The van der Waals surface area contributed by atoms with Crippen molar-refractivity contribution in [2.75, 3.05) is 4.72 Å². The number of sulfonamides is 1. The predicted molar refractivity (Wildman–Crippen MR) is 82.9 cm³/mol. The predicted octanol–water partition coefficient (Wildman–Crippen LogP) is 4.21. The molecule has 0 aliphatic carbocycles. The number of hydrogen-bond donors (Lipinski definition) is 1. The highest BCUT2D eigenvalue weighted by molar-refractivity contribution is 7.92. The Kier molecular flexibility index (Phi) is 4.25. The molecule has 21 heavy (non-hydrogen) atoms. The first-order valence-corrected chi connectivity index (χ1v) is 8.12. The zero-order valence-electron chi connectivity index (χ0n) is 11.9. The summed E-state index contributed by atoms with van der Waals surface area (Å²) < 4.78 is 41.0. The molecule has 0 spiro atoms. The third kappa shape index (κ3) is 3.36. The first-order valence-electron chi connectivity index (χ1n) is 6.26. The average Bonchev–Trinajstić information content (AvgIpc) is 2.30. The number of benzene rings is 2. The number of nitrogens with one attached hydrogen (secondary N) is 1. The summed E-state index contributed by atoms with van der Waals surface area (Å²) in [5, 5.41) is 0.207. The minimum absolute atomic E-state index is 0.126. The minimum atomic E-state index is -3.86. The van der Waals surface area contributed by atoms with Gasteiger partial charge in [0.05, 0.1) is 10.6 Å². The van der Waals surface area contributed by atoms with Gasteiger partial charge in [0.25, 0.3) is 10.0 Å². The number of hydrogen-bond acceptors (Lipinski definition) is 2. The van der Waals surface area contributed by atoms with Crippen molar-refractivity contribution in [1.82, 2.24) is 0 Å². The van der Waals surface area contributed by atoms with Crippen molar-refractivity contribution < 1.29 is 12.8 Å². The Morgan fingerprint density at radius 2 is 1.62 bits per heavy atom. The summed E-state index contributed by atoms with van der Waals surface area (Å²) in [6, 6.07) is 7.35. The number of aryl methyl sites for hydroxylation is 3. The van der Waals surface area contributed by atoms with Crippen molar-refractivity contribution in [3.05, 3.63) is 57.9 Å². The third-order valence-electron chi connectivity index (χ3n) is 3.05. The van der Waals surface area contributed by atoms with E-state index in [4.69, 9.17) is 11.6 Å². The van der Waals surface area contributed by atoms with Gasteiger partial charge in [0.2, 0.25) is 0 Å². The van der Waals surface area contributed by atoms with Gasteiger partial charge in [-0.3, -0.25) is 4.72 Å². The molecule has 1 N–H and O–H groups in total. The minimum Gasteiger partial charge on any atom is -0.277 e. The van der Waals surface area contributed by atoms with Crippen LogP contribution in [0.1, 0.15) is 16.7 Å². The smallest absolute Gasteiger partial charge is 0.262 e. The molecule has 0 atom stereocenters. The molecule has 0 aliphatic heterocycles. The van der Waals surface area contributed by atoms with Crippen molar-refractivity contribution in [3.8, 4) is 0 Å². The zero-order valence-corrected chi connectivity index (χ0v) is 13.4. The summed E-state index contributed by atoms with van der Waals surface area (Å²) in [4.78, 5) is 0.169. The maximum Gasteiger partial charge on any atom is 0.262 e. The van der Waals surface area contributed by atoms with Crippen molar-refractivity contribution >= 4 is 27.3 Å². The van der Waals surface area contributed by atoms with Gasteiger partial charge in [-0.1, -0.05) is 29.3 Å². The van der Waals surface area contributed by atoms with Crippen LogP contribution in [-0.2, 0) is 10.0 Å². The zero-order chi connectivity index (χ0) is 15.8. The summed E-state index contributed by atoms with van der Waals surface area (Å²) in [6.45, 7) is 5.32. The van der Waals surface area contributed by atoms with Crippen LogP contribution in [0.15, 0.2) is 35.2 Å². The molecule has 0 amide bonds. The molecular formula is C15H15ClFNO2S. The third-order valence-corrected chi connectivity index (χ3v) is 4.95. The van der Waals surface area contributed by atoms with Crippen LogP contribution >= 0.6 is 11.6 Å². The topological polar surface area (TPSA) is 46.2 Å². The first-order chi connectivity index (χ1) is 9.70. The first kappa shape index (κ1) is 15.8. The van der Waals surface area contributed by atoms with E-state index in [1.807, 2.05) is 6.92 Å². The fraction of sp³-hybridized carbons (Fsp3) is 0.200. The number of rotatable bonds is 3. The second kappa shape index (κ2) is 5.66. The molecule has 0 heterocycles. The van der Waals surface area contributed by atoms with Crippen molar-refractivity contribution in [1.29, 1.82) is 0 Å². The molecule has 2 aromatic carbocycles. The van der Waals surface area contributed by atoms with E-state index in [9.17, 15) is 12.8 Å². The quantitative estimate of drug-likeness (QED) is 0.918. The molecule has 2 rings (SSSR count). The Bertz CT molecular complexity index is 780. The van der Waals surface area contributed by atoms with Gasteiger partial charge < -0.3 is 0 Å². The highest BCUT2D eigenvalue weighted by Crippen LogP contribution is 2.26. The summed E-state index contributed by atoms with van der Waals surface area (Å²) in [5.74, 6) is -0.714. The van der Waals surface area contributed by atoms with Crippen LogP contribution in [-0.4, -0.2) is 8.42 Å². The molecule has 0 bridgehead atoms. The molecule has 0 saturated heterocycles. The SMILES string of the molecule is Cc1cc(C)c(S(=O)(=O)Nc2ccc(Cl)cc2F)c(C)c1. The van der Waals surface area contributed by atoms with Gasteiger partial charge in [0.15, 0.2) is 0 Å². The molecule has 3 nitrogen and oxygen atoms in total. The highest BCUT2D eigenvalue weighted by atomic mass is 35.5. The molecule has 0 aliphatic rings. The van der Waals surface area contributed by atoms with E-state index in [0.29, 0.717) is 11.1 Å². The second-order valence-electron chi connectivity index (χ2n) is 4.96. The Labute approximate surface area is 128 Å². The monoisotopic (exact) mass is 327 g/mol. The van der Waals surface area contributed by atoms with Crippen LogP contribution < -0.4 is 4.72 Å². The fourth-order valence-electron chi connectivity index (χ4n) is 2.36. The van der Waals surface area contributed by atoms with Crippen LogP contribution in [0, 0.1) is 26.6 Å². The molecule has 0 radical (unpaired) electrons. The Hall–Kier alpha value is -1.59. The standard InChI is InChI=1S/C15H15ClFNO2S/c1-9-6-10(2)15(11(3)7-9)21(19,20)18-14-5-4-12(16)8-13(14)17/h4-8,18H,1-3H3. The fourth-order valence-corrected chi connectivity index (χ4v) is 4.04. The molecule has 2 aromatic rings. The van der Waals surface area contributed by atoms with Gasteiger partial charge in [0, 0.05) is 5.02 Å². The average molecular weight is 328 g/mol. The molecule has 0 unspecified atom stereocenters. The van der Waals surface area contributed by atoms with Crippen LogP contribution in [0.3, 0.4) is 0 Å². The lowest BCUT2D eigenvalue weighted by Crippen LogP contribution is -2.16. The van der Waals surface area contributed by atoms with E-state index in [2.05, 4.69) is 4.72 Å². The van der Waals surface area contributed by atoms with E-state index in [1.165, 1.54) is 12.1 Å². The van der Waals surface area contributed by atoms with Crippen LogP contribution in [0.5, 0.6) is 0 Å². The number of anilines is 1. The van der Waals surface area contributed by atoms with Gasteiger partial charge in [-0.05, 0) is 50.1 Å². The summed E-state index contributed by atoms with van der Waals surface area (Å²) in [6.07, 6.45) is 0. The lowest BCUT2D eigenvalue weighted by atomic mass is 10.1. The van der Waals surface area contributed by atoms with Crippen LogP contribution in [0.4, 0.5) is 10.1 Å². The van der Waals surface area contributed by atoms with Crippen LogP contribution in [0.25, 0.3) is 0 Å². The second-order valence-corrected chi connectivity index (χ2v) is 7.01. The van der Waals surface area contributed by atoms with E-state index in [-0.39, 0.29) is 15.6 Å². The molecule has 0 saturated carbocycles. The van der Waals surface area contributed by atoms with Gasteiger partial charge in [0.1, 0.15) is 5.82 Å².